The van der Waals surface area contributed by atoms with Crippen LogP contribution >= 0.6 is 11.8 Å². The predicted octanol–water partition coefficient (Wildman–Crippen LogP) is 4.45. The Morgan fingerprint density at radius 3 is 2.59 bits per heavy atom. The second-order valence-corrected chi connectivity index (χ2v) is 7.33. The molecule has 1 N–H and O–H groups in total. The van der Waals surface area contributed by atoms with E-state index in [4.69, 9.17) is 4.74 Å². The molecule has 0 fully saturated rings. The summed E-state index contributed by atoms with van der Waals surface area (Å²) < 4.78 is 42.9. The average molecular weight is 395 g/mol. The summed E-state index contributed by atoms with van der Waals surface area (Å²) in [5.41, 5.74) is -0.115. The number of rotatable bonds is 4. The van der Waals surface area contributed by atoms with Crippen LogP contribution in [0.5, 0.6) is 0 Å². The van der Waals surface area contributed by atoms with Crippen LogP contribution in [0.1, 0.15) is 22.8 Å². The lowest BCUT2D eigenvalue weighted by atomic mass is 9.89. The van der Waals surface area contributed by atoms with Crippen LogP contribution in [-0.2, 0) is 16.0 Å². The Labute approximate surface area is 158 Å². The summed E-state index contributed by atoms with van der Waals surface area (Å²) in [6.07, 6.45) is -4.14. The molecule has 1 amide bonds. The molecular formula is C19H16F3NO3S. The smallest absolute Gasteiger partial charge is 0.398 e. The van der Waals surface area contributed by atoms with Crippen LogP contribution in [0.15, 0.2) is 53.4 Å². The Morgan fingerprint density at radius 1 is 1.19 bits per heavy atom. The van der Waals surface area contributed by atoms with Gasteiger partial charge in [-0.3, -0.25) is 4.79 Å². The first-order valence-electron chi connectivity index (χ1n) is 8.09. The number of thioether (sulfide) groups is 1. The van der Waals surface area contributed by atoms with Crippen molar-refractivity contribution in [3.8, 4) is 0 Å². The highest BCUT2D eigenvalue weighted by Crippen LogP contribution is 2.34. The number of cyclic esters (lactones) is 1. The first kappa shape index (κ1) is 19.3. The minimum atomic E-state index is -4.32. The number of hydrogen-bond donors (Lipinski definition) is 1. The highest BCUT2D eigenvalue weighted by molar-refractivity contribution is 7.99. The van der Waals surface area contributed by atoms with Crippen molar-refractivity contribution in [2.75, 3.05) is 11.1 Å². The summed E-state index contributed by atoms with van der Waals surface area (Å²) in [6.45, 7) is 1.49. The summed E-state index contributed by atoms with van der Waals surface area (Å²) in [4.78, 5) is 25.3. The average Bonchev–Trinajstić information content (AvgIpc) is 2.60. The summed E-state index contributed by atoms with van der Waals surface area (Å²) in [5, 5.41) is 2.60. The lowest BCUT2D eigenvalue weighted by Gasteiger charge is -2.33. The van der Waals surface area contributed by atoms with E-state index in [0.29, 0.717) is 22.9 Å². The van der Waals surface area contributed by atoms with Gasteiger partial charge < -0.3 is 10.1 Å². The number of carbonyl (C=O) groups is 2. The minimum Gasteiger partial charge on any atom is -0.445 e. The van der Waals surface area contributed by atoms with E-state index in [0.717, 1.165) is 0 Å². The van der Waals surface area contributed by atoms with Gasteiger partial charge in [-0.15, -0.1) is 11.8 Å². The van der Waals surface area contributed by atoms with Crippen molar-refractivity contribution < 1.29 is 27.5 Å². The van der Waals surface area contributed by atoms with Gasteiger partial charge in [-0.05, 0) is 30.7 Å². The first-order valence-corrected chi connectivity index (χ1v) is 9.08. The first-order chi connectivity index (χ1) is 12.7. The molecule has 1 aliphatic heterocycles. The molecule has 0 saturated heterocycles. The van der Waals surface area contributed by atoms with Crippen molar-refractivity contribution in [1.29, 1.82) is 0 Å². The monoisotopic (exact) mass is 395 g/mol. The number of halogens is 3. The molecule has 0 saturated carbocycles. The fraction of sp³-hybridized carbons (Fsp3) is 0.263. The van der Waals surface area contributed by atoms with Crippen LogP contribution in [0, 0.1) is 0 Å². The van der Waals surface area contributed by atoms with E-state index in [2.05, 4.69) is 5.32 Å². The van der Waals surface area contributed by atoms with Gasteiger partial charge in [0.05, 0.1) is 17.0 Å². The second kappa shape index (κ2) is 7.26. The molecule has 8 heteroatoms. The second-order valence-electron chi connectivity index (χ2n) is 6.31. The third-order valence-corrected chi connectivity index (χ3v) is 5.23. The van der Waals surface area contributed by atoms with Crippen molar-refractivity contribution in [2.45, 2.75) is 30.0 Å². The molecule has 1 atom stereocenters. The maximum atomic E-state index is 12.8. The number of nitrogens with one attached hydrogen (secondary N) is 1. The van der Waals surface area contributed by atoms with E-state index >= 15 is 0 Å². The van der Waals surface area contributed by atoms with Gasteiger partial charge in [-0.1, -0.05) is 30.3 Å². The molecule has 1 unspecified atom stereocenters. The van der Waals surface area contributed by atoms with E-state index in [-0.39, 0.29) is 17.0 Å². The highest BCUT2D eigenvalue weighted by Gasteiger charge is 2.42. The number of amides is 1. The summed E-state index contributed by atoms with van der Waals surface area (Å²) in [7, 11) is 0. The van der Waals surface area contributed by atoms with Gasteiger partial charge in [0.1, 0.15) is 0 Å². The maximum Gasteiger partial charge on any atom is 0.398 e. The van der Waals surface area contributed by atoms with Crippen molar-refractivity contribution in [3.05, 3.63) is 59.7 Å². The van der Waals surface area contributed by atoms with Crippen molar-refractivity contribution >= 4 is 29.3 Å². The van der Waals surface area contributed by atoms with Crippen LogP contribution in [0.25, 0.3) is 0 Å². The van der Waals surface area contributed by atoms with Gasteiger partial charge in [-0.25, -0.2) is 4.79 Å². The van der Waals surface area contributed by atoms with Crippen LogP contribution in [0.2, 0.25) is 0 Å². The van der Waals surface area contributed by atoms with Crippen molar-refractivity contribution in [3.63, 3.8) is 0 Å². The van der Waals surface area contributed by atoms with Gasteiger partial charge in [0.15, 0.2) is 5.60 Å². The molecule has 0 radical (unpaired) electrons. The molecule has 3 rings (SSSR count). The quantitative estimate of drug-likeness (QED) is 0.614. The van der Waals surface area contributed by atoms with Crippen molar-refractivity contribution in [1.82, 2.24) is 0 Å². The van der Waals surface area contributed by atoms with Crippen LogP contribution in [0.3, 0.4) is 0 Å². The number of fused-ring (bicyclic) bond motifs is 1. The Balaban J connectivity index is 1.79. The molecule has 2 aromatic carbocycles. The Morgan fingerprint density at radius 2 is 1.85 bits per heavy atom. The SMILES string of the molecule is CC1(C(=O)Nc2ccccc2SCC(F)(F)F)Cc2ccccc2C(=O)O1. The fourth-order valence-corrected chi connectivity index (χ4v) is 3.54. The van der Waals surface area contributed by atoms with E-state index in [1.54, 1.807) is 36.4 Å². The van der Waals surface area contributed by atoms with E-state index < -0.39 is 29.4 Å². The number of hydrogen-bond acceptors (Lipinski definition) is 4. The minimum absolute atomic E-state index is 0.179. The number of ether oxygens (including phenoxy) is 1. The number of anilines is 1. The number of carbonyl (C=O) groups excluding carboxylic acids is 2. The zero-order chi connectivity index (χ0) is 19.7. The predicted molar refractivity (Wildman–Crippen MR) is 95.8 cm³/mol. The standard InChI is InChI=1S/C19H16F3NO3S/c1-18(10-12-6-2-3-7-13(12)16(24)26-18)17(25)23-14-8-4-5-9-15(14)27-11-19(20,21)22/h2-9H,10-11H2,1H3,(H,23,25). The Hall–Kier alpha value is -2.48. The topological polar surface area (TPSA) is 55.4 Å². The lowest BCUT2D eigenvalue weighted by molar-refractivity contribution is -0.134. The molecule has 1 aliphatic rings. The third-order valence-electron chi connectivity index (χ3n) is 4.09. The molecule has 4 nitrogen and oxygen atoms in total. The van der Waals surface area contributed by atoms with E-state index in [1.165, 1.54) is 19.1 Å². The van der Waals surface area contributed by atoms with Gasteiger partial charge in [0.2, 0.25) is 0 Å². The molecule has 0 aromatic heterocycles. The Kier molecular flexibility index (Phi) is 5.19. The van der Waals surface area contributed by atoms with Crippen LogP contribution < -0.4 is 5.32 Å². The number of benzene rings is 2. The molecule has 0 spiro atoms. The zero-order valence-corrected chi connectivity index (χ0v) is 15.1. The van der Waals surface area contributed by atoms with Gasteiger partial charge >= 0.3 is 12.1 Å². The lowest BCUT2D eigenvalue weighted by Crippen LogP contribution is -2.49. The summed E-state index contributed by atoms with van der Waals surface area (Å²) >= 11 is 0.583. The van der Waals surface area contributed by atoms with Crippen LogP contribution in [0.4, 0.5) is 18.9 Å². The third kappa shape index (κ3) is 4.44. The maximum absolute atomic E-state index is 12.8. The van der Waals surface area contributed by atoms with Gasteiger partial charge in [0.25, 0.3) is 5.91 Å². The summed E-state index contributed by atoms with van der Waals surface area (Å²) in [5.74, 6) is -2.26. The normalized spacial score (nSPS) is 19.2. The zero-order valence-electron chi connectivity index (χ0n) is 14.3. The molecule has 2 aromatic rings. The summed E-state index contributed by atoms with van der Waals surface area (Å²) in [6, 6.07) is 13.0. The van der Waals surface area contributed by atoms with E-state index in [1.807, 2.05) is 0 Å². The van der Waals surface area contributed by atoms with Gasteiger partial charge in [-0.2, -0.15) is 13.2 Å². The molecule has 0 aliphatic carbocycles. The number of esters is 1. The molecular weight excluding hydrogens is 379 g/mol. The van der Waals surface area contributed by atoms with E-state index in [9.17, 15) is 22.8 Å². The number of para-hydroxylation sites is 1. The fourth-order valence-electron chi connectivity index (χ4n) is 2.77. The molecule has 142 valence electrons. The van der Waals surface area contributed by atoms with Gasteiger partial charge in [0, 0.05) is 11.3 Å². The largest absolute Gasteiger partial charge is 0.445 e. The molecule has 0 bridgehead atoms. The highest BCUT2D eigenvalue weighted by atomic mass is 32.2. The van der Waals surface area contributed by atoms with Crippen LogP contribution in [-0.4, -0.2) is 29.4 Å². The van der Waals surface area contributed by atoms with Crippen molar-refractivity contribution in [2.24, 2.45) is 0 Å². The molecule has 1 heterocycles. The molecule has 27 heavy (non-hydrogen) atoms. The number of alkyl halides is 3. The Bertz CT molecular complexity index is 884.